The molecule has 0 bridgehead atoms. The van der Waals surface area contributed by atoms with Gasteiger partial charge in [-0.25, -0.2) is 0 Å². The van der Waals surface area contributed by atoms with Crippen LogP contribution in [0.5, 0.6) is 5.75 Å². The number of ether oxygens (including phenoxy) is 1. The Morgan fingerprint density at radius 3 is 2.93 bits per heavy atom. The van der Waals surface area contributed by atoms with E-state index in [0.29, 0.717) is 24.9 Å². The Bertz CT molecular complexity index is 905. The minimum absolute atomic E-state index is 0.0102. The number of rotatable bonds is 6. The van der Waals surface area contributed by atoms with Gasteiger partial charge < -0.3 is 23.9 Å². The summed E-state index contributed by atoms with van der Waals surface area (Å²) in [5.74, 6) is 1.91. The lowest BCUT2D eigenvalue weighted by Crippen LogP contribution is -2.43. The zero-order valence-corrected chi connectivity index (χ0v) is 15.6. The van der Waals surface area contributed by atoms with Crippen molar-refractivity contribution in [3.8, 4) is 17.1 Å². The number of carbonyl (C=O) groups excluding carboxylic acids is 1. The average molecular weight is 382 g/mol. The van der Waals surface area contributed by atoms with E-state index in [4.69, 9.17) is 13.7 Å². The molecule has 1 unspecified atom stereocenters. The fraction of sp³-hybridized carbons (Fsp3) is 0.350. The predicted octanol–water partition coefficient (Wildman–Crippen LogP) is 2.87. The topological polar surface area (TPSA) is 93.6 Å². The second-order valence-electron chi connectivity index (χ2n) is 6.71. The quantitative estimate of drug-likeness (QED) is 0.700. The molecule has 28 heavy (non-hydrogen) atoms. The second-order valence-corrected chi connectivity index (χ2v) is 6.71. The first-order valence-corrected chi connectivity index (χ1v) is 9.26. The molecule has 2 aromatic heterocycles. The highest BCUT2D eigenvalue weighted by atomic mass is 16.5. The summed E-state index contributed by atoms with van der Waals surface area (Å²) < 4.78 is 15.9. The Labute approximate surface area is 162 Å². The standard InChI is InChI=1S/C20H22N4O4/c1-26-16-8-6-14(7-9-16)18-22-20(28-23-18)24-10-2-4-15(13-24)19(25)21-12-17-5-3-11-27-17/h3,5-9,11,15H,2,4,10,12-13H2,1H3,(H,21,25). The molecule has 1 saturated heterocycles. The van der Waals surface area contributed by atoms with Crippen molar-refractivity contribution >= 4 is 11.9 Å². The van der Waals surface area contributed by atoms with Crippen LogP contribution in [0.15, 0.2) is 51.6 Å². The van der Waals surface area contributed by atoms with Gasteiger partial charge >= 0.3 is 6.01 Å². The Hall–Kier alpha value is -3.29. The molecule has 1 N–H and O–H groups in total. The average Bonchev–Trinajstić information content (AvgIpc) is 3.44. The van der Waals surface area contributed by atoms with Gasteiger partial charge in [-0.3, -0.25) is 4.79 Å². The summed E-state index contributed by atoms with van der Waals surface area (Å²) in [4.78, 5) is 19.0. The molecule has 0 spiro atoms. The molecule has 146 valence electrons. The third-order valence-corrected chi connectivity index (χ3v) is 4.84. The Morgan fingerprint density at radius 2 is 2.18 bits per heavy atom. The highest BCUT2D eigenvalue weighted by Crippen LogP contribution is 2.26. The molecule has 1 fully saturated rings. The van der Waals surface area contributed by atoms with Gasteiger partial charge in [0.15, 0.2) is 0 Å². The Balaban J connectivity index is 1.38. The molecule has 3 heterocycles. The van der Waals surface area contributed by atoms with Crippen LogP contribution < -0.4 is 15.0 Å². The molecular formula is C20H22N4O4. The number of piperidine rings is 1. The normalized spacial score (nSPS) is 16.8. The number of amides is 1. The van der Waals surface area contributed by atoms with Crippen molar-refractivity contribution in [1.29, 1.82) is 0 Å². The molecule has 1 aliphatic rings. The molecular weight excluding hydrogens is 360 g/mol. The van der Waals surface area contributed by atoms with E-state index in [0.717, 1.165) is 36.5 Å². The third kappa shape index (κ3) is 4.00. The van der Waals surface area contributed by atoms with Crippen LogP contribution in [0.1, 0.15) is 18.6 Å². The number of anilines is 1. The lowest BCUT2D eigenvalue weighted by Gasteiger charge is -2.30. The van der Waals surface area contributed by atoms with Crippen molar-refractivity contribution in [1.82, 2.24) is 15.5 Å². The van der Waals surface area contributed by atoms with E-state index in [2.05, 4.69) is 15.5 Å². The first-order chi connectivity index (χ1) is 13.7. The fourth-order valence-corrected chi connectivity index (χ4v) is 3.30. The maximum absolute atomic E-state index is 12.5. The van der Waals surface area contributed by atoms with E-state index in [1.165, 1.54) is 0 Å². The summed E-state index contributed by atoms with van der Waals surface area (Å²) >= 11 is 0. The summed E-state index contributed by atoms with van der Waals surface area (Å²) in [7, 11) is 1.62. The highest BCUT2D eigenvalue weighted by Gasteiger charge is 2.28. The SMILES string of the molecule is COc1ccc(-c2noc(N3CCCC(C(=O)NCc4ccco4)C3)n2)cc1. The zero-order valence-electron chi connectivity index (χ0n) is 15.6. The molecule has 0 aliphatic carbocycles. The number of methoxy groups -OCH3 is 1. The van der Waals surface area contributed by atoms with Crippen LogP contribution in [0.4, 0.5) is 6.01 Å². The van der Waals surface area contributed by atoms with Gasteiger partial charge in [-0.15, -0.1) is 0 Å². The summed E-state index contributed by atoms with van der Waals surface area (Å²) in [6.07, 6.45) is 3.32. The molecule has 0 saturated carbocycles. The van der Waals surface area contributed by atoms with Crippen LogP contribution in [0, 0.1) is 5.92 Å². The van der Waals surface area contributed by atoms with Gasteiger partial charge in [0.2, 0.25) is 11.7 Å². The van der Waals surface area contributed by atoms with E-state index < -0.39 is 0 Å². The van der Waals surface area contributed by atoms with Crippen LogP contribution in [-0.2, 0) is 11.3 Å². The van der Waals surface area contributed by atoms with Crippen molar-refractivity contribution in [3.05, 3.63) is 48.4 Å². The van der Waals surface area contributed by atoms with E-state index >= 15 is 0 Å². The van der Waals surface area contributed by atoms with Gasteiger partial charge in [0.25, 0.3) is 0 Å². The molecule has 0 radical (unpaired) electrons. The van der Waals surface area contributed by atoms with Crippen molar-refractivity contribution < 1.29 is 18.5 Å². The van der Waals surface area contributed by atoms with Crippen LogP contribution in [-0.4, -0.2) is 36.2 Å². The lowest BCUT2D eigenvalue weighted by atomic mass is 9.97. The van der Waals surface area contributed by atoms with E-state index in [9.17, 15) is 4.79 Å². The van der Waals surface area contributed by atoms with Crippen molar-refractivity contribution in [3.63, 3.8) is 0 Å². The number of aromatic nitrogens is 2. The van der Waals surface area contributed by atoms with Gasteiger partial charge in [0, 0.05) is 18.7 Å². The fourth-order valence-electron chi connectivity index (χ4n) is 3.30. The smallest absolute Gasteiger partial charge is 0.324 e. The molecule has 8 nitrogen and oxygen atoms in total. The minimum Gasteiger partial charge on any atom is -0.497 e. The number of furan rings is 1. The van der Waals surface area contributed by atoms with E-state index in [1.807, 2.05) is 35.2 Å². The van der Waals surface area contributed by atoms with Gasteiger partial charge in [-0.2, -0.15) is 4.98 Å². The monoisotopic (exact) mass is 382 g/mol. The summed E-state index contributed by atoms with van der Waals surface area (Å²) in [6.45, 7) is 1.73. The summed E-state index contributed by atoms with van der Waals surface area (Å²) in [5.41, 5.74) is 0.848. The van der Waals surface area contributed by atoms with Gasteiger partial charge in [-0.05, 0) is 49.2 Å². The zero-order chi connectivity index (χ0) is 19.3. The molecule has 1 amide bonds. The first-order valence-electron chi connectivity index (χ1n) is 9.26. The number of hydrogen-bond donors (Lipinski definition) is 1. The number of benzene rings is 1. The van der Waals surface area contributed by atoms with Crippen LogP contribution >= 0.6 is 0 Å². The molecule has 8 heteroatoms. The van der Waals surface area contributed by atoms with E-state index in [-0.39, 0.29) is 11.8 Å². The maximum Gasteiger partial charge on any atom is 0.324 e. The number of nitrogens with zero attached hydrogens (tertiary/aromatic N) is 3. The molecule has 3 aromatic rings. The summed E-state index contributed by atoms with van der Waals surface area (Å²) in [5, 5.41) is 7.01. The second kappa shape index (κ2) is 8.16. The molecule has 1 aromatic carbocycles. The Morgan fingerprint density at radius 1 is 1.32 bits per heavy atom. The first kappa shape index (κ1) is 18.1. The largest absolute Gasteiger partial charge is 0.497 e. The van der Waals surface area contributed by atoms with Crippen LogP contribution in [0.2, 0.25) is 0 Å². The third-order valence-electron chi connectivity index (χ3n) is 4.84. The Kier molecular flexibility index (Phi) is 5.27. The summed E-state index contributed by atoms with van der Waals surface area (Å²) in [6, 6.07) is 11.6. The van der Waals surface area contributed by atoms with Crippen LogP contribution in [0.3, 0.4) is 0 Å². The molecule has 1 atom stereocenters. The lowest BCUT2D eigenvalue weighted by molar-refractivity contribution is -0.125. The van der Waals surface area contributed by atoms with Gasteiger partial charge in [-0.1, -0.05) is 5.16 Å². The molecule has 1 aliphatic heterocycles. The molecule has 4 rings (SSSR count). The number of hydrogen-bond acceptors (Lipinski definition) is 7. The minimum atomic E-state index is -0.125. The van der Waals surface area contributed by atoms with Crippen molar-refractivity contribution in [2.75, 3.05) is 25.1 Å². The van der Waals surface area contributed by atoms with Crippen molar-refractivity contribution in [2.24, 2.45) is 5.92 Å². The predicted molar refractivity (Wildman–Crippen MR) is 102 cm³/mol. The van der Waals surface area contributed by atoms with Crippen LogP contribution in [0.25, 0.3) is 11.4 Å². The number of nitrogens with one attached hydrogen (secondary N) is 1. The van der Waals surface area contributed by atoms with Gasteiger partial charge in [0.05, 0.1) is 25.8 Å². The maximum atomic E-state index is 12.5. The number of carbonyl (C=O) groups is 1. The van der Waals surface area contributed by atoms with Crippen molar-refractivity contribution in [2.45, 2.75) is 19.4 Å². The highest BCUT2D eigenvalue weighted by molar-refractivity contribution is 5.79. The van der Waals surface area contributed by atoms with Gasteiger partial charge in [0.1, 0.15) is 11.5 Å². The van der Waals surface area contributed by atoms with E-state index in [1.54, 1.807) is 19.4 Å².